The van der Waals surface area contributed by atoms with E-state index in [1.165, 1.54) is 44.6 Å². The first-order valence-corrected chi connectivity index (χ1v) is 7.13. The maximum absolute atomic E-state index is 9.42. The Bertz CT molecular complexity index is 327. The Balaban J connectivity index is 2.28. The summed E-state index contributed by atoms with van der Waals surface area (Å²) in [6.07, 6.45) is 8.73. The minimum absolute atomic E-state index is 0.153. The number of phenols is 2. The van der Waals surface area contributed by atoms with Crippen LogP contribution in [0.3, 0.4) is 0 Å². The molecule has 0 spiro atoms. The van der Waals surface area contributed by atoms with Gasteiger partial charge in [-0.15, -0.1) is 0 Å². The van der Waals surface area contributed by atoms with E-state index in [4.69, 9.17) is 0 Å². The van der Waals surface area contributed by atoms with E-state index < -0.39 is 0 Å². The zero-order chi connectivity index (χ0) is 13.4. The first kappa shape index (κ1) is 14.9. The van der Waals surface area contributed by atoms with Crippen molar-refractivity contribution in [2.45, 2.75) is 58.8 Å². The Morgan fingerprint density at radius 2 is 1.56 bits per heavy atom. The Morgan fingerprint density at radius 3 is 2.17 bits per heavy atom. The summed E-state index contributed by atoms with van der Waals surface area (Å²) >= 11 is 0. The van der Waals surface area contributed by atoms with Crippen LogP contribution in [0.2, 0.25) is 0 Å². The van der Waals surface area contributed by atoms with E-state index in [0.717, 1.165) is 12.0 Å². The van der Waals surface area contributed by atoms with Gasteiger partial charge in [-0.3, -0.25) is 0 Å². The third-order valence-electron chi connectivity index (χ3n) is 3.35. The second-order valence-corrected chi connectivity index (χ2v) is 5.37. The molecule has 1 aromatic carbocycles. The molecule has 0 aliphatic rings. The average molecular weight is 250 g/mol. The van der Waals surface area contributed by atoms with E-state index in [-0.39, 0.29) is 11.5 Å². The minimum Gasteiger partial charge on any atom is -0.508 e. The van der Waals surface area contributed by atoms with Crippen LogP contribution in [0.4, 0.5) is 0 Å². The van der Waals surface area contributed by atoms with Crippen LogP contribution < -0.4 is 0 Å². The van der Waals surface area contributed by atoms with E-state index in [2.05, 4.69) is 13.8 Å². The standard InChI is InChI=1S/C16H26O2/c1-3-4-5-6-7-8-13(2)9-14-10-15(17)12-16(18)11-14/h10-13,17-18H,3-9H2,1-2H3. The highest BCUT2D eigenvalue weighted by Gasteiger charge is 2.06. The molecule has 2 nitrogen and oxygen atoms in total. The minimum atomic E-state index is 0.153. The molecule has 0 bridgehead atoms. The SMILES string of the molecule is CCCCCCCC(C)Cc1cc(O)cc(O)c1. The van der Waals surface area contributed by atoms with Crippen molar-refractivity contribution in [2.24, 2.45) is 5.92 Å². The highest BCUT2D eigenvalue weighted by atomic mass is 16.3. The number of aromatic hydroxyl groups is 2. The lowest BCUT2D eigenvalue weighted by molar-refractivity contribution is 0.445. The largest absolute Gasteiger partial charge is 0.508 e. The highest BCUT2D eigenvalue weighted by molar-refractivity contribution is 5.36. The first-order chi connectivity index (χ1) is 8.61. The molecule has 0 amide bonds. The first-order valence-electron chi connectivity index (χ1n) is 7.13. The predicted molar refractivity (Wildman–Crippen MR) is 76.0 cm³/mol. The molecule has 1 aromatic rings. The van der Waals surface area contributed by atoms with Gasteiger partial charge in [0.05, 0.1) is 0 Å². The highest BCUT2D eigenvalue weighted by Crippen LogP contribution is 2.24. The van der Waals surface area contributed by atoms with Crippen LogP contribution in [0.25, 0.3) is 0 Å². The van der Waals surface area contributed by atoms with Gasteiger partial charge in [0.2, 0.25) is 0 Å². The number of hydrogen-bond acceptors (Lipinski definition) is 2. The molecular weight excluding hydrogens is 224 g/mol. The Hall–Kier alpha value is -1.18. The Kier molecular flexibility index (Phi) is 6.63. The zero-order valence-electron chi connectivity index (χ0n) is 11.7. The maximum Gasteiger partial charge on any atom is 0.119 e. The van der Waals surface area contributed by atoms with Gasteiger partial charge in [0.1, 0.15) is 11.5 Å². The fourth-order valence-corrected chi connectivity index (χ4v) is 2.38. The van der Waals surface area contributed by atoms with Crippen LogP contribution in [-0.2, 0) is 6.42 Å². The average Bonchev–Trinajstić information content (AvgIpc) is 2.27. The second kappa shape index (κ2) is 8.02. The van der Waals surface area contributed by atoms with Crippen molar-refractivity contribution in [3.63, 3.8) is 0 Å². The van der Waals surface area contributed by atoms with Gasteiger partial charge in [-0.25, -0.2) is 0 Å². The molecule has 1 rings (SSSR count). The molecule has 1 atom stereocenters. The van der Waals surface area contributed by atoms with E-state index >= 15 is 0 Å². The molecule has 0 aliphatic heterocycles. The van der Waals surface area contributed by atoms with Gasteiger partial charge in [-0.05, 0) is 30.0 Å². The fraction of sp³-hybridized carbons (Fsp3) is 0.625. The summed E-state index contributed by atoms with van der Waals surface area (Å²) in [5.41, 5.74) is 1.02. The summed E-state index contributed by atoms with van der Waals surface area (Å²) in [5, 5.41) is 18.8. The molecule has 0 saturated heterocycles. The van der Waals surface area contributed by atoms with E-state index in [1.54, 1.807) is 12.1 Å². The van der Waals surface area contributed by atoms with Gasteiger partial charge in [-0.1, -0.05) is 52.4 Å². The summed E-state index contributed by atoms with van der Waals surface area (Å²) < 4.78 is 0. The molecular formula is C16H26O2. The van der Waals surface area contributed by atoms with Gasteiger partial charge < -0.3 is 10.2 Å². The zero-order valence-corrected chi connectivity index (χ0v) is 11.7. The van der Waals surface area contributed by atoms with E-state index in [9.17, 15) is 10.2 Å². The van der Waals surface area contributed by atoms with Crippen LogP contribution in [0.15, 0.2) is 18.2 Å². The van der Waals surface area contributed by atoms with Crippen LogP contribution in [0.1, 0.15) is 57.9 Å². The van der Waals surface area contributed by atoms with Crippen LogP contribution in [-0.4, -0.2) is 10.2 Å². The van der Waals surface area contributed by atoms with E-state index in [0.29, 0.717) is 5.92 Å². The van der Waals surface area contributed by atoms with Crippen molar-refractivity contribution < 1.29 is 10.2 Å². The van der Waals surface area contributed by atoms with Crippen LogP contribution >= 0.6 is 0 Å². The van der Waals surface area contributed by atoms with Gasteiger partial charge in [0.15, 0.2) is 0 Å². The third-order valence-corrected chi connectivity index (χ3v) is 3.35. The third kappa shape index (κ3) is 5.95. The number of phenolic OH excluding ortho intramolecular Hbond substituents is 2. The summed E-state index contributed by atoms with van der Waals surface area (Å²) in [6, 6.07) is 4.86. The molecule has 0 heterocycles. The van der Waals surface area contributed by atoms with Crippen molar-refractivity contribution >= 4 is 0 Å². The molecule has 0 fully saturated rings. The van der Waals surface area contributed by atoms with Crippen molar-refractivity contribution in [1.29, 1.82) is 0 Å². The predicted octanol–water partition coefficient (Wildman–Crippen LogP) is 4.64. The molecule has 1 unspecified atom stereocenters. The molecule has 0 saturated carbocycles. The quantitative estimate of drug-likeness (QED) is 0.660. The second-order valence-electron chi connectivity index (χ2n) is 5.37. The number of benzene rings is 1. The molecule has 0 aromatic heterocycles. The number of rotatable bonds is 8. The molecule has 18 heavy (non-hydrogen) atoms. The fourth-order valence-electron chi connectivity index (χ4n) is 2.38. The van der Waals surface area contributed by atoms with Crippen molar-refractivity contribution in [3.05, 3.63) is 23.8 Å². The van der Waals surface area contributed by atoms with Crippen molar-refractivity contribution in [3.8, 4) is 11.5 Å². The number of unbranched alkanes of at least 4 members (excludes halogenated alkanes) is 4. The molecule has 2 heteroatoms. The van der Waals surface area contributed by atoms with Gasteiger partial charge in [0.25, 0.3) is 0 Å². The summed E-state index contributed by atoms with van der Waals surface area (Å²) in [5.74, 6) is 0.910. The lowest BCUT2D eigenvalue weighted by Gasteiger charge is -2.12. The number of hydrogen-bond donors (Lipinski definition) is 2. The summed E-state index contributed by atoms with van der Waals surface area (Å²) in [4.78, 5) is 0. The normalized spacial score (nSPS) is 12.6. The molecule has 2 N–H and O–H groups in total. The Labute approximate surface area is 111 Å². The van der Waals surface area contributed by atoms with Crippen molar-refractivity contribution in [2.75, 3.05) is 0 Å². The monoisotopic (exact) mass is 250 g/mol. The topological polar surface area (TPSA) is 40.5 Å². The molecule has 0 radical (unpaired) electrons. The van der Waals surface area contributed by atoms with E-state index in [1.807, 2.05) is 0 Å². The van der Waals surface area contributed by atoms with Gasteiger partial charge >= 0.3 is 0 Å². The lowest BCUT2D eigenvalue weighted by atomic mass is 9.95. The van der Waals surface area contributed by atoms with Gasteiger partial charge in [0, 0.05) is 6.07 Å². The maximum atomic E-state index is 9.42. The summed E-state index contributed by atoms with van der Waals surface area (Å²) in [7, 11) is 0. The summed E-state index contributed by atoms with van der Waals surface area (Å²) in [6.45, 7) is 4.47. The van der Waals surface area contributed by atoms with Gasteiger partial charge in [-0.2, -0.15) is 0 Å². The smallest absolute Gasteiger partial charge is 0.119 e. The lowest BCUT2D eigenvalue weighted by Crippen LogP contribution is -1.99. The Morgan fingerprint density at radius 1 is 0.944 bits per heavy atom. The van der Waals surface area contributed by atoms with Crippen LogP contribution in [0, 0.1) is 5.92 Å². The molecule has 0 aliphatic carbocycles. The van der Waals surface area contributed by atoms with Crippen LogP contribution in [0.5, 0.6) is 11.5 Å². The molecule has 102 valence electrons. The van der Waals surface area contributed by atoms with Crippen molar-refractivity contribution in [1.82, 2.24) is 0 Å².